The summed E-state index contributed by atoms with van der Waals surface area (Å²) in [7, 11) is 0. The summed E-state index contributed by atoms with van der Waals surface area (Å²) in [5.74, 6) is -2.01. The summed E-state index contributed by atoms with van der Waals surface area (Å²) >= 11 is 0. The number of halogens is 2. The van der Waals surface area contributed by atoms with Crippen LogP contribution in [0.3, 0.4) is 0 Å². The number of rotatable bonds is 9. The minimum atomic E-state index is -1.21. The van der Waals surface area contributed by atoms with Crippen molar-refractivity contribution in [3.05, 3.63) is 53.6 Å². The molecule has 0 fully saturated rings. The van der Waals surface area contributed by atoms with Crippen molar-refractivity contribution in [3.8, 4) is 11.5 Å². The summed E-state index contributed by atoms with van der Waals surface area (Å²) < 4.78 is 43.0. The molecule has 0 aliphatic rings. The summed E-state index contributed by atoms with van der Waals surface area (Å²) in [6, 6.07) is 7.32. The number of nitrogens with one attached hydrogen (secondary N) is 1. The molecule has 30 heavy (non-hydrogen) atoms. The predicted octanol–water partition coefficient (Wildman–Crippen LogP) is 4.58. The normalized spacial score (nSPS) is 11.7. The van der Waals surface area contributed by atoms with Gasteiger partial charge in [0.15, 0.2) is 17.6 Å². The largest absolute Gasteiger partial charge is 0.490 e. The number of carbonyl (C=O) groups excluding carboxylic acids is 2. The van der Waals surface area contributed by atoms with Crippen molar-refractivity contribution < 1.29 is 32.6 Å². The Morgan fingerprint density at radius 3 is 2.37 bits per heavy atom. The molecule has 0 spiro atoms. The summed E-state index contributed by atoms with van der Waals surface area (Å²) in [5, 5.41) is 2.26. The molecule has 0 saturated heterocycles. The van der Waals surface area contributed by atoms with Gasteiger partial charge in [-0.05, 0) is 50.1 Å². The predicted molar refractivity (Wildman–Crippen MR) is 108 cm³/mol. The van der Waals surface area contributed by atoms with Gasteiger partial charge in [-0.15, -0.1) is 0 Å². The van der Waals surface area contributed by atoms with Crippen LogP contribution in [0.1, 0.15) is 38.1 Å². The maximum atomic E-state index is 13.7. The molecule has 1 amide bonds. The Balaban J connectivity index is 2.06. The lowest BCUT2D eigenvalue weighted by Crippen LogP contribution is -2.30. The monoisotopic (exact) mass is 421 g/mol. The molecule has 0 aromatic heterocycles. The highest BCUT2D eigenvalue weighted by Crippen LogP contribution is 2.29. The summed E-state index contributed by atoms with van der Waals surface area (Å²) in [4.78, 5) is 24.6. The van der Waals surface area contributed by atoms with E-state index in [0.29, 0.717) is 36.7 Å². The van der Waals surface area contributed by atoms with Gasteiger partial charge in [0.25, 0.3) is 5.91 Å². The fourth-order valence-electron chi connectivity index (χ4n) is 2.39. The van der Waals surface area contributed by atoms with E-state index in [2.05, 4.69) is 5.32 Å². The van der Waals surface area contributed by atoms with Crippen LogP contribution in [-0.2, 0) is 9.53 Å². The second-order valence-corrected chi connectivity index (χ2v) is 6.96. The van der Waals surface area contributed by atoms with Gasteiger partial charge in [0.2, 0.25) is 0 Å². The van der Waals surface area contributed by atoms with Crippen LogP contribution in [0, 0.1) is 17.6 Å². The first-order valence-corrected chi connectivity index (χ1v) is 9.57. The van der Waals surface area contributed by atoms with Crippen LogP contribution in [0.2, 0.25) is 0 Å². The van der Waals surface area contributed by atoms with Crippen LogP contribution in [-0.4, -0.2) is 31.2 Å². The van der Waals surface area contributed by atoms with E-state index < -0.39 is 29.6 Å². The third-order valence-electron chi connectivity index (χ3n) is 3.89. The first kappa shape index (κ1) is 23.1. The van der Waals surface area contributed by atoms with Crippen molar-refractivity contribution in [3.63, 3.8) is 0 Å². The molecular formula is C22H25F2NO5. The highest BCUT2D eigenvalue weighted by Gasteiger charge is 2.21. The first-order chi connectivity index (χ1) is 14.2. The maximum Gasteiger partial charge on any atom is 0.339 e. The van der Waals surface area contributed by atoms with Gasteiger partial charge in [-0.1, -0.05) is 13.8 Å². The number of anilines is 1. The molecule has 162 valence electrons. The van der Waals surface area contributed by atoms with E-state index in [1.807, 2.05) is 13.8 Å². The SMILES string of the molecule is CCOc1cc(C(=O)OC(C)C(=O)Nc2ccc(F)cc2F)ccc1OCC(C)C. The molecule has 8 heteroatoms. The van der Waals surface area contributed by atoms with Crippen molar-refractivity contribution in [2.24, 2.45) is 5.92 Å². The van der Waals surface area contributed by atoms with Crippen LogP contribution < -0.4 is 14.8 Å². The number of hydrogen-bond acceptors (Lipinski definition) is 5. The highest BCUT2D eigenvalue weighted by atomic mass is 19.1. The molecule has 2 aromatic carbocycles. The fraction of sp³-hybridized carbons (Fsp3) is 0.364. The molecule has 0 aliphatic heterocycles. The van der Waals surface area contributed by atoms with Gasteiger partial charge in [0.1, 0.15) is 11.6 Å². The molecule has 0 bridgehead atoms. The minimum absolute atomic E-state index is 0.169. The van der Waals surface area contributed by atoms with Gasteiger partial charge in [-0.3, -0.25) is 4.79 Å². The number of benzene rings is 2. The zero-order chi connectivity index (χ0) is 22.3. The Bertz CT molecular complexity index is 901. The average Bonchev–Trinajstić information content (AvgIpc) is 2.69. The van der Waals surface area contributed by atoms with Gasteiger partial charge >= 0.3 is 5.97 Å². The highest BCUT2D eigenvalue weighted by molar-refractivity contribution is 5.97. The number of ether oxygens (including phenoxy) is 3. The van der Waals surface area contributed by atoms with Crippen molar-refractivity contribution in [2.75, 3.05) is 18.5 Å². The minimum Gasteiger partial charge on any atom is -0.490 e. The fourth-order valence-corrected chi connectivity index (χ4v) is 2.39. The molecule has 0 saturated carbocycles. The second-order valence-electron chi connectivity index (χ2n) is 6.96. The quantitative estimate of drug-likeness (QED) is 0.600. The van der Waals surface area contributed by atoms with Crippen LogP contribution >= 0.6 is 0 Å². The Morgan fingerprint density at radius 1 is 1.00 bits per heavy atom. The summed E-state index contributed by atoms with van der Waals surface area (Å²) in [6.45, 7) is 8.03. The van der Waals surface area contributed by atoms with E-state index in [9.17, 15) is 18.4 Å². The topological polar surface area (TPSA) is 73.9 Å². The number of amides is 1. The maximum absolute atomic E-state index is 13.7. The van der Waals surface area contributed by atoms with Crippen LogP contribution in [0.25, 0.3) is 0 Å². The average molecular weight is 421 g/mol. The van der Waals surface area contributed by atoms with E-state index in [0.717, 1.165) is 12.1 Å². The van der Waals surface area contributed by atoms with E-state index in [4.69, 9.17) is 14.2 Å². The Hall–Kier alpha value is -3.16. The lowest BCUT2D eigenvalue weighted by atomic mass is 10.2. The van der Waals surface area contributed by atoms with Gasteiger partial charge < -0.3 is 19.5 Å². The zero-order valence-electron chi connectivity index (χ0n) is 17.3. The Morgan fingerprint density at radius 2 is 1.73 bits per heavy atom. The molecule has 2 rings (SSSR count). The number of carbonyl (C=O) groups is 2. The summed E-state index contributed by atoms with van der Waals surface area (Å²) in [6.07, 6.45) is -1.21. The molecule has 1 N–H and O–H groups in total. The molecule has 1 unspecified atom stereocenters. The lowest BCUT2D eigenvalue weighted by molar-refractivity contribution is -0.123. The van der Waals surface area contributed by atoms with Crippen molar-refractivity contribution in [1.82, 2.24) is 0 Å². The van der Waals surface area contributed by atoms with E-state index in [1.54, 1.807) is 13.0 Å². The molecule has 2 aromatic rings. The number of esters is 1. The molecule has 0 radical (unpaired) electrons. The van der Waals surface area contributed by atoms with Gasteiger partial charge in [-0.2, -0.15) is 0 Å². The second kappa shape index (κ2) is 10.6. The van der Waals surface area contributed by atoms with E-state index in [1.165, 1.54) is 19.1 Å². The van der Waals surface area contributed by atoms with Gasteiger partial charge in [-0.25, -0.2) is 13.6 Å². The van der Waals surface area contributed by atoms with Crippen molar-refractivity contribution in [2.45, 2.75) is 33.8 Å². The summed E-state index contributed by atoms with van der Waals surface area (Å²) in [5.41, 5.74) is -0.0439. The Labute approximate surface area is 174 Å². The molecule has 1 atom stereocenters. The molecule has 0 aliphatic carbocycles. The van der Waals surface area contributed by atoms with Crippen LogP contribution in [0.5, 0.6) is 11.5 Å². The first-order valence-electron chi connectivity index (χ1n) is 9.57. The smallest absolute Gasteiger partial charge is 0.339 e. The Kier molecular flexibility index (Phi) is 8.15. The standard InChI is InChI=1S/C22H25F2NO5/c1-5-28-20-10-15(6-9-19(20)29-12-13(2)3)22(27)30-14(4)21(26)25-18-8-7-16(23)11-17(18)24/h6-11,13-14H,5,12H2,1-4H3,(H,25,26). The zero-order valence-corrected chi connectivity index (χ0v) is 17.3. The third-order valence-corrected chi connectivity index (χ3v) is 3.89. The molecule has 6 nitrogen and oxygen atoms in total. The molecular weight excluding hydrogens is 396 g/mol. The van der Waals surface area contributed by atoms with Crippen LogP contribution in [0.15, 0.2) is 36.4 Å². The third kappa shape index (κ3) is 6.43. The number of hydrogen-bond donors (Lipinski definition) is 1. The van der Waals surface area contributed by atoms with Crippen molar-refractivity contribution >= 4 is 17.6 Å². The molecule has 0 heterocycles. The van der Waals surface area contributed by atoms with Crippen molar-refractivity contribution in [1.29, 1.82) is 0 Å². The van der Waals surface area contributed by atoms with Gasteiger partial charge in [0.05, 0.1) is 24.5 Å². The van der Waals surface area contributed by atoms with Gasteiger partial charge in [0, 0.05) is 6.07 Å². The van der Waals surface area contributed by atoms with E-state index in [-0.39, 0.29) is 11.3 Å². The lowest BCUT2D eigenvalue weighted by Gasteiger charge is -2.16. The van der Waals surface area contributed by atoms with Crippen LogP contribution in [0.4, 0.5) is 14.5 Å². The van der Waals surface area contributed by atoms with E-state index >= 15 is 0 Å².